The third-order valence-corrected chi connectivity index (χ3v) is 7.89. The van der Waals surface area contributed by atoms with Crippen LogP contribution in [0.2, 0.25) is 0 Å². The van der Waals surface area contributed by atoms with Crippen LogP contribution < -0.4 is 26.4 Å². The molecule has 1 aliphatic rings. The Morgan fingerprint density at radius 3 is 2.47 bits per heavy atom. The number of unbranched alkanes of at least 4 members (excludes halogenated alkanes) is 1. The largest absolute Gasteiger partial charge is 0.486 e. The summed E-state index contributed by atoms with van der Waals surface area (Å²) in [6.07, 6.45) is 7.14. The van der Waals surface area contributed by atoms with Gasteiger partial charge in [-0.2, -0.15) is 4.39 Å². The van der Waals surface area contributed by atoms with Crippen LogP contribution in [0.25, 0.3) is 10.9 Å². The highest BCUT2D eigenvalue weighted by Crippen LogP contribution is 2.35. The van der Waals surface area contributed by atoms with Crippen molar-refractivity contribution in [1.82, 2.24) is 24.3 Å². The van der Waals surface area contributed by atoms with Crippen LogP contribution >= 0.6 is 0 Å². The Hall–Kier alpha value is -4.13. The molecule has 0 amide bonds. The van der Waals surface area contributed by atoms with Crippen molar-refractivity contribution in [1.29, 1.82) is 0 Å². The summed E-state index contributed by atoms with van der Waals surface area (Å²) in [6, 6.07) is 8.47. The molecule has 10 nitrogen and oxygen atoms in total. The molecular weight excluding hydrogens is 580 g/mol. The van der Waals surface area contributed by atoms with Gasteiger partial charge in [0.2, 0.25) is 11.7 Å². The van der Waals surface area contributed by atoms with Crippen LogP contribution in [0.4, 0.5) is 14.6 Å². The van der Waals surface area contributed by atoms with Crippen molar-refractivity contribution in [3.8, 4) is 11.6 Å². The summed E-state index contributed by atoms with van der Waals surface area (Å²) in [5, 5.41) is 0.124. The van der Waals surface area contributed by atoms with E-state index in [0.29, 0.717) is 35.9 Å². The van der Waals surface area contributed by atoms with E-state index in [1.807, 2.05) is 42.0 Å². The Kier molecular flexibility index (Phi) is 11.8. The Bertz CT molecular complexity index is 1630. The third kappa shape index (κ3) is 8.13. The maximum atomic E-state index is 14.6. The number of methoxy groups -OCH3 is 1. The Morgan fingerprint density at radius 1 is 1.04 bits per heavy atom. The van der Waals surface area contributed by atoms with Crippen LogP contribution in [0, 0.1) is 11.6 Å². The Balaban J connectivity index is 0.00000226. The maximum Gasteiger partial charge on any atom is 0.213 e. The summed E-state index contributed by atoms with van der Waals surface area (Å²) in [7, 11) is 3.08. The van der Waals surface area contributed by atoms with E-state index in [9.17, 15) is 13.6 Å². The van der Waals surface area contributed by atoms with E-state index in [-0.39, 0.29) is 29.2 Å². The fourth-order valence-electron chi connectivity index (χ4n) is 5.54. The zero-order chi connectivity index (χ0) is 32.5. The molecule has 4 N–H and O–H groups in total. The van der Waals surface area contributed by atoms with Gasteiger partial charge >= 0.3 is 0 Å². The van der Waals surface area contributed by atoms with E-state index in [1.165, 1.54) is 7.05 Å². The molecule has 0 fully saturated rings. The van der Waals surface area contributed by atoms with Gasteiger partial charge in [0.1, 0.15) is 12.4 Å². The number of pyridine rings is 3. The van der Waals surface area contributed by atoms with Gasteiger partial charge in [0, 0.05) is 49.9 Å². The number of ether oxygens (including phenoxy) is 2. The molecule has 0 saturated carbocycles. The molecule has 0 aliphatic carbocycles. The Labute approximate surface area is 262 Å². The van der Waals surface area contributed by atoms with E-state index in [1.54, 1.807) is 19.5 Å². The van der Waals surface area contributed by atoms with Crippen LogP contribution in [0.3, 0.4) is 0 Å². The first kappa shape index (κ1) is 33.8. The Morgan fingerprint density at radius 2 is 1.78 bits per heavy atom. The predicted molar refractivity (Wildman–Crippen MR) is 172 cm³/mol. The minimum Gasteiger partial charge on any atom is -0.486 e. The molecular formula is C33H43F2N7O3. The van der Waals surface area contributed by atoms with Gasteiger partial charge in [-0.3, -0.25) is 14.6 Å². The van der Waals surface area contributed by atoms with Crippen molar-refractivity contribution in [3.63, 3.8) is 0 Å². The number of nitrogens with two attached hydrogens (primary N) is 2. The van der Waals surface area contributed by atoms with Crippen LogP contribution in [0.15, 0.2) is 53.7 Å². The van der Waals surface area contributed by atoms with Crippen LogP contribution in [0.5, 0.6) is 11.6 Å². The van der Waals surface area contributed by atoms with Crippen molar-refractivity contribution in [2.45, 2.75) is 52.4 Å². The second-order valence-corrected chi connectivity index (χ2v) is 11.0. The quantitative estimate of drug-likeness (QED) is 0.207. The minimum absolute atomic E-state index is 0.124. The van der Waals surface area contributed by atoms with Gasteiger partial charge in [0.15, 0.2) is 17.0 Å². The van der Waals surface area contributed by atoms with Crippen molar-refractivity contribution in [2.24, 2.45) is 5.73 Å². The topological polar surface area (TPSA) is 125 Å². The van der Waals surface area contributed by atoms with Gasteiger partial charge < -0.3 is 25.5 Å². The van der Waals surface area contributed by atoms with Gasteiger partial charge in [-0.25, -0.2) is 14.4 Å². The maximum absolute atomic E-state index is 14.6. The fraction of sp³-hybridized carbons (Fsp3) is 0.424. The smallest absolute Gasteiger partial charge is 0.213 e. The van der Waals surface area contributed by atoms with Gasteiger partial charge in [-0.15, -0.1) is 0 Å². The number of nitrogen functional groups attached to an aromatic ring is 1. The minimum atomic E-state index is -1.09. The van der Waals surface area contributed by atoms with Gasteiger partial charge in [0.05, 0.1) is 24.1 Å². The summed E-state index contributed by atoms with van der Waals surface area (Å²) in [5.74, 6) is -1.33. The first-order chi connectivity index (χ1) is 21.8. The first-order valence-corrected chi connectivity index (χ1v) is 15.2. The average molecular weight is 624 g/mol. The molecule has 45 heavy (non-hydrogen) atoms. The summed E-state index contributed by atoms with van der Waals surface area (Å²) in [6.45, 7) is 8.49. The van der Waals surface area contributed by atoms with Crippen LogP contribution in [-0.4, -0.2) is 64.7 Å². The van der Waals surface area contributed by atoms with E-state index in [2.05, 4.69) is 32.4 Å². The predicted octanol–water partition coefficient (Wildman–Crippen LogP) is 4.49. The number of halogens is 2. The highest BCUT2D eigenvalue weighted by atomic mass is 19.2. The number of nitrogens with zero attached hydrogens (tertiary/aromatic N) is 5. The lowest BCUT2D eigenvalue weighted by Crippen LogP contribution is -2.31. The summed E-state index contributed by atoms with van der Waals surface area (Å²) in [4.78, 5) is 26.6. The van der Waals surface area contributed by atoms with Crippen molar-refractivity contribution in [3.05, 3.63) is 87.5 Å². The lowest BCUT2D eigenvalue weighted by molar-refractivity contribution is 0.225. The SMILES string of the molecule is CCN(CCCCN(Cc1ccnc(OC)c1)Cc1cn2c3c(c(F)c(F)cc3c1=O)OCC2C)Cc1ccc(N)nc1.CN. The van der Waals surface area contributed by atoms with Crippen molar-refractivity contribution < 1.29 is 18.3 Å². The molecule has 12 heteroatoms. The molecule has 0 spiro atoms. The molecule has 0 saturated heterocycles. The summed E-state index contributed by atoms with van der Waals surface area (Å²) in [5.41, 5.74) is 12.8. The van der Waals surface area contributed by atoms with Gasteiger partial charge in [0.25, 0.3) is 0 Å². The number of hydrogen-bond acceptors (Lipinski definition) is 9. The summed E-state index contributed by atoms with van der Waals surface area (Å²) < 4.78 is 41.7. The number of aromatic nitrogens is 3. The highest BCUT2D eigenvalue weighted by Gasteiger charge is 2.27. The third-order valence-electron chi connectivity index (χ3n) is 7.89. The van der Waals surface area contributed by atoms with Crippen molar-refractivity contribution >= 4 is 16.7 Å². The van der Waals surface area contributed by atoms with E-state index >= 15 is 0 Å². The fourth-order valence-corrected chi connectivity index (χ4v) is 5.54. The lowest BCUT2D eigenvalue weighted by Gasteiger charge is -2.29. The molecule has 1 atom stereocenters. The molecule has 4 heterocycles. The highest BCUT2D eigenvalue weighted by molar-refractivity contribution is 5.86. The molecule has 1 aliphatic heterocycles. The molecule has 0 bridgehead atoms. The van der Waals surface area contributed by atoms with E-state index < -0.39 is 11.6 Å². The normalized spacial score (nSPS) is 13.9. The monoisotopic (exact) mass is 623 g/mol. The first-order valence-electron chi connectivity index (χ1n) is 15.2. The van der Waals surface area contributed by atoms with Crippen molar-refractivity contribution in [2.75, 3.05) is 46.1 Å². The van der Waals surface area contributed by atoms with Gasteiger partial charge in [-0.05, 0) is 75.8 Å². The second-order valence-electron chi connectivity index (χ2n) is 11.0. The number of benzene rings is 1. The number of anilines is 1. The number of rotatable bonds is 13. The van der Waals surface area contributed by atoms with E-state index in [0.717, 1.165) is 56.2 Å². The average Bonchev–Trinajstić information content (AvgIpc) is 3.05. The molecule has 3 aromatic heterocycles. The van der Waals surface area contributed by atoms with Crippen LogP contribution in [-0.2, 0) is 19.6 Å². The van der Waals surface area contributed by atoms with Crippen LogP contribution in [0.1, 0.15) is 49.4 Å². The molecule has 1 aromatic carbocycles. The molecule has 0 radical (unpaired) electrons. The standard InChI is InChI=1S/C32H38F2N6O3.CH5N/c1-4-38(17-23-7-8-27(35)37-15-23)11-5-6-12-39(16-22-9-10-36-28(13-22)42-3)18-24-19-40-21(2)20-43-32-29(34)26(33)14-25(30(32)40)31(24)41;1-2/h7-10,13-15,19,21H,4-6,11-12,16-18,20H2,1-3H3,(H2,35,37);2H2,1H3. The molecule has 242 valence electrons. The number of hydrogen-bond donors (Lipinski definition) is 2. The zero-order valence-electron chi connectivity index (χ0n) is 26.4. The molecule has 5 rings (SSSR count). The molecule has 4 aromatic rings. The zero-order valence-corrected chi connectivity index (χ0v) is 26.4. The van der Waals surface area contributed by atoms with Gasteiger partial charge in [-0.1, -0.05) is 13.0 Å². The summed E-state index contributed by atoms with van der Waals surface area (Å²) >= 11 is 0. The second kappa shape index (κ2) is 15.7. The van der Waals surface area contributed by atoms with E-state index in [4.69, 9.17) is 15.2 Å². The lowest BCUT2D eigenvalue weighted by atomic mass is 10.1. The molecule has 1 unspecified atom stereocenters.